The number of carbonyl (C=O) groups excluding carboxylic acids is 1. The lowest BCUT2D eigenvalue weighted by Gasteiger charge is -2.30. The highest BCUT2D eigenvalue weighted by atomic mass is 35.5. The summed E-state index contributed by atoms with van der Waals surface area (Å²) in [6.45, 7) is 7.87. The number of carbonyl (C=O) groups is 3. The average molecular weight is 593 g/mol. The number of aryl methyl sites for hydroxylation is 2. The molecule has 2 aromatic rings. The van der Waals surface area contributed by atoms with Gasteiger partial charge >= 0.3 is 11.9 Å². The molecule has 1 aliphatic heterocycles. The van der Waals surface area contributed by atoms with Crippen molar-refractivity contribution < 1.29 is 29.3 Å². The van der Waals surface area contributed by atoms with E-state index in [1.807, 2.05) is 20.8 Å². The van der Waals surface area contributed by atoms with Crippen molar-refractivity contribution in [3.05, 3.63) is 44.1 Å². The van der Waals surface area contributed by atoms with Crippen molar-refractivity contribution in [1.82, 2.24) is 0 Å². The van der Waals surface area contributed by atoms with Crippen molar-refractivity contribution in [2.24, 2.45) is 5.10 Å². The summed E-state index contributed by atoms with van der Waals surface area (Å²) in [4.78, 5) is 37.4. The minimum Gasteiger partial charge on any atom is -0.479 e. The Morgan fingerprint density at radius 1 is 1.27 bits per heavy atom. The zero-order valence-corrected chi connectivity index (χ0v) is 24.0. The Hall–Kier alpha value is -2.37. The van der Waals surface area contributed by atoms with Crippen molar-refractivity contribution in [3.8, 4) is 0 Å². The smallest absolute Gasteiger partial charge is 0.352 e. The third-order valence-corrected chi connectivity index (χ3v) is 7.42. The SMILES string of the molecule is CC1(C(=O)O)CC(C(=O)O)=NN1c1ccc(Cl)cc1Cl.COC[C@H](C)N(C(=O)CCl)c1c(C)csc1C. The summed E-state index contributed by atoms with van der Waals surface area (Å²) in [5.74, 6) is -2.54. The van der Waals surface area contributed by atoms with Crippen LogP contribution >= 0.6 is 46.1 Å². The van der Waals surface area contributed by atoms with Crippen LogP contribution in [0.2, 0.25) is 10.0 Å². The Labute approximate surface area is 234 Å². The molecule has 2 heterocycles. The molecule has 1 aromatic carbocycles. The number of carboxylic acid groups (broad SMARTS) is 2. The zero-order chi connectivity index (χ0) is 28.1. The molecule has 1 unspecified atom stereocenters. The van der Waals surface area contributed by atoms with E-state index in [1.54, 1.807) is 23.3 Å². The summed E-state index contributed by atoms with van der Waals surface area (Å²) in [6.07, 6.45) is -0.226. The van der Waals surface area contributed by atoms with Gasteiger partial charge in [-0.15, -0.1) is 22.9 Å². The molecule has 0 saturated carbocycles. The summed E-state index contributed by atoms with van der Waals surface area (Å²) in [6, 6.07) is 4.45. The minimum atomic E-state index is -1.51. The first-order valence-electron chi connectivity index (χ1n) is 11.0. The van der Waals surface area contributed by atoms with Crippen molar-refractivity contribution >= 4 is 81.1 Å². The van der Waals surface area contributed by atoms with Crippen molar-refractivity contribution in [2.75, 3.05) is 29.5 Å². The Balaban J connectivity index is 0.000000264. The molecule has 202 valence electrons. The summed E-state index contributed by atoms with van der Waals surface area (Å²) in [5.41, 5.74) is 0.628. The van der Waals surface area contributed by atoms with Crippen LogP contribution < -0.4 is 9.91 Å². The van der Waals surface area contributed by atoms with Crippen LogP contribution in [0.5, 0.6) is 0 Å². The molecule has 9 nitrogen and oxygen atoms in total. The molecule has 0 bridgehead atoms. The molecule has 1 aromatic heterocycles. The number of ether oxygens (including phenoxy) is 1. The van der Waals surface area contributed by atoms with Gasteiger partial charge in [0, 0.05) is 23.4 Å². The van der Waals surface area contributed by atoms with Crippen LogP contribution in [0.3, 0.4) is 0 Å². The lowest BCUT2D eigenvalue weighted by molar-refractivity contribution is -0.142. The largest absolute Gasteiger partial charge is 0.479 e. The third kappa shape index (κ3) is 6.94. The second kappa shape index (κ2) is 12.9. The van der Waals surface area contributed by atoms with Gasteiger partial charge in [0.2, 0.25) is 5.91 Å². The first kappa shape index (κ1) is 30.9. The van der Waals surface area contributed by atoms with Crippen LogP contribution in [-0.4, -0.2) is 64.9 Å². The molecule has 0 spiro atoms. The Bertz CT molecular complexity index is 1180. The van der Waals surface area contributed by atoms with E-state index in [0.717, 1.165) is 21.1 Å². The van der Waals surface area contributed by atoms with E-state index >= 15 is 0 Å². The Kier molecular flexibility index (Phi) is 10.8. The molecular weight excluding hydrogens is 565 g/mol. The number of amides is 1. The molecule has 1 aliphatic rings. The monoisotopic (exact) mass is 591 g/mol. The van der Waals surface area contributed by atoms with Crippen LogP contribution in [0.15, 0.2) is 28.7 Å². The van der Waals surface area contributed by atoms with E-state index < -0.39 is 17.5 Å². The predicted molar refractivity (Wildman–Crippen MR) is 148 cm³/mol. The maximum Gasteiger partial charge on any atom is 0.352 e. The predicted octanol–water partition coefficient (Wildman–Crippen LogP) is 5.46. The molecule has 3 rings (SSSR count). The molecule has 0 fully saturated rings. The summed E-state index contributed by atoms with van der Waals surface area (Å²) < 4.78 is 5.12. The number of hydrogen-bond acceptors (Lipinski definition) is 7. The van der Waals surface area contributed by atoms with E-state index in [1.165, 1.54) is 25.1 Å². The average Bonchev–Trinajstić information content (AvgIpc) is 3.35. The van der Waals surface area contributed by atoms with Gasteiger partial charge in [-0.2, -0.15) is 5.10 Å². The fraction of sp³-hybridized carbons (Fsp3) is 0.417. The topological polar surface area (TPSA) is 120 Å². The van der Waals surface area contributed by atoms with Gasteiger partial charge < -0.3 is 19.8 Å². The van der Waals surface area contributed by atoms with Crippen molar-refractivity contribution in [1.29, 1.82) is 0 Å². The second-order valence-corrected chi connectivity index (χ2v) is 10.7. The quantitative estimate of drug-likeness (QED) is 0.391. The molecule has 2 atom stereocenters. The van der Waals surface area contributed by atoms with Crippen molar-refractivity contribution in [3.63, 3.8) is 0 Å². The molecule has 13 heteroatoms. The molecule has 0 aliphatic carbocycles. The van der Waals surface area contributed by atoms with Gasteiger partial charge in [-0.25, -0.2) is 14.6 Å². The first-order valence-corrected chi connectivity index (χ1v) is 13.2. The molecule has 37 heavy (non-hydrogen) atoms. The van der Waals surface area contributed by atoms with Crippen LogP contribution in [0, 0.1) is 13.8 Å². The highest BCUT2D eigenvalue weighted by Crippen LogP contribution is 2.38. The van der Waals surface area contributed by atoms with E-state index in [2.05, 4.69) is 10.5 Å². The number of alkyl halides is 1. The van der Waals surface area contributed by atoms with Crippen LogP contribution in [0.4, 0.5) is 11.4 Å². The summed E-state index contributed by atoms with van der Waals surface area (Å²) in [7, 11) is 1.63. The highest BCUT2D eigenvalue weighted by molar-refractivity contribution is 7.10. The number of rotatable bonds is 8. The molecule has 0 radical (unpaired) electrons. The first-order chi connectivity index (χ1) is 17.3. The van der Waals surface area contributed by atoms with Gasteiger partial charge in [0.05, 0.1) is 29.0 Å². The van der Waals surface area contributed by atoms with Crippen LogP contribution in [0.1, 0.15) is 30.7 Å². The number of carboxylic acids is 2. The number of hydrogen-bond donors (Lipinski definition) is 2. The van der Waals surface area contributed by atoms with E-state index in [4.69, 9.17) is 44.6 Å². The lowest BCUT2D eigenvalue weighted by Crippen LogP contribution is -2.47. The summed E-state index contributed by atoms with van der Waals surface area (Å²) in [5, 5.41) is 26.0. The molecule has 0 saturated heterocycles. The number of halogens is 3. The number of thiophene rings is 1. The number of methoxy groups -OCH3 is 1. The van der Waals surface area contributed by atoms with Gasteiger partial charge in [0.1, 0.15) is 11.6 Å². The van der Waals surface area contributed by atoms with E-state index in [9.17, 15) is 19.5 Å². The van der Waals surface area contributed by atoms with Gasteiger partial charge in [-0.3, -0.25) is 4.79 Å². The second-order valence-electron chi connectivity index (χ2n) is 8.54. The van der Waals surface area contributed by atoms with Crippen LogP contribution in [-0.2, 0) is 19.1 Å². The normalized spacial score (nSPS) is 17.5. The van der Waals surface area contributed by atoms with Gasteiger partial charge in [-0.05, 0) is 56.8 Å². The minimum absolute atomic E-state index is 0.0111. The lowest BCUT2D eigenvalue weighted by atomic mass is 9.95. The fourth-order valence-electron chi connectivity index (χ4n) is 3.82. The summed E-state index contributed by atoms with van der Waals surface area (Å²) >= 11 is 19.1. The maximum absolute atomic E-state index is 12.0. The number of hydrazone groups is 1. The zero-order valence-electron chi connectivity index (χ0n) is 20.9. The standard InChI is InChI=1S/C12H10Cl2N2O4.C12H18ClNO2S/c1-12(11(19)20)5-8(10(17)18)15-16(12)9-3-2-6(13)4-7(9)14;1-8-7-17-10(3)12(8)14(11(15)5-13)9(2)6-16-4/h2-4H,5H2,1H3,(H,17,18)(H,19,20);7,9H,5-6H2,1-4H3/t;9-/m.0/s1. The highest BCUT2D eigenvalue weighted by Gasteiger charge is 2.48. The van der Waals surface area contributed by atoms with E-state index in [0.29, 0.717) is 11.6 Å². The van der Waals surface area contributed by atoms with Crippen molar-refractivity contribution in [2.45, 2.75) is 45.7 Å². The number of aliphatic carboxylic acids is 2. The third-order valence-electron chi connectivity index (χ3n) is 5.64. The van der Waals surface area contributed by atoms with E-state index in [-0.39, 0.29) is 40.7 Å². The molecule has 2 N–H and O–H groups in total. The maximum atomic E-state index is 12.0. The number of nitrogens with zero attached hydrogens (tertiary/aromatic N) is 3. The number of anilines is 2. The fourth-order valence-corrected chi connectivity index (χ4v) is 5.27. The molecule has 1 amide bonds. The molecular formula is C24H28Cl3N3O6S. The Morgan fingerprint density at radius 2 is 1.92 bits per heavy atom. The van der Waals surface area contributed by atoms with Gasteiger partial charge in [-0.1, -0.05) is 23.2 Å². The Morgan fingerprint density at radius 3 is 2.38 bits per heavy atom. The number of benzene rings is 1. The van der Waals surface area contributed by atoms with Gasteiger partial charge in [0.15, 0.2) is 5.54 Å². The van der Waals surface area contributed by atoms with Gasteiger partial charge in [0.25, 0.3) is 0 Å². The van der Waals surface area contributed by atoms with Crippen LogP contribution in [0.25, 0.3) is 0 Å².